The summed E-state index contributed by atoms with van der Waals surface area (Å²) in [5.74, 6) is 3.75. The Bertz CT molecular complexity index is 633. The Labute approximate surface area is 123 Å². The number of rotatable bonds is 4. The Balaban J connectivity index is 2.34. The average Bonchev–Trinajstić information content (AvgIpc) is 2.46. The van der Waals surface area contributed by atoms with E-state index in [0.29, 0.717) is 5.69 Å². The molecule has 1 aromatic carbocycles. The van der Waals surface area contributed by atoms with Gasteiger partial charge in [0.05, 0.1) is 0 Å². The molecule has 21 heavy (non-hydrogen) atoms. The highest BCUT2D eigenvalue weighted by Crippen LogP contribution is 2.29. The molecule has 0 bridgehead atoms. The minimum Gasteiger partial charge on any atom is -0.340 e. The molecule has 5 nitrogen and oxygen atoms in total. The number of nitrogens with zero attached hydrogens (tertiary/aromatic N) is 2. The lowest BCUT2D eigenvalue weighted by Crippen LogP contribution is -2.16. The van der Waals surface area contributed by atoms with Gasteiger partial charge in [-0.2, -0.15) is 13.2 Å². The van der Waals surface area contributed by atoms with Gasteiger partial charge in [0.15, 0.2) is 0 Å². The Morgan fingerprint density at radius 1 is 1.14 bits per heavy atom. The lowest BCUT2D eigenvalue weighted by Gasteiger charge is -2.11. The predicted octanol–water partition coefficient (Wildman–Crippen LogP) is 3.25. The second kappa shape index (κ2) is 6.19. The maximum absolute atomic E-state index is 12.7. The molecule has 0 spiro atoms. The monoisotopic (exact) mass is 315 g/mol. The second-order valence-corrected chi connectivity index (χ2v) is 4.84. The number of hydrogen-bond acceptors (Lipinski definition) is 6. The molecule has 1 aromatic heterocycles. The smallest absolute Gasteiger partial charge is 0.340 e. The van der Waals surface area contributed by atoms with Crippen molar-refractivity contribution in [2.24, 2.45) is 5.84 Å². The molecule has 0 atom stereocenters. The number of hydrogen-bond donors (Lipinski definition) is 3. The van der Waals surface area contributed by atoms with Crippen LogP contribution in [-0.4, -0.2) is 16.2 Å². The summed E-state index contributed by atoms with van der Waals surface area (Å²) < 4.78 is 38.2. The van der Waals surface area contributed by atoms with Gasteiger partial charge in [-0.05, 0) is 24.5 Å². The highest BCUT2D eigenvalue weighted by Gasteiger charge is 2.35. The van der Waals surface area contributed by atoms with Crippen molar-refractivity contribution in [3.63, 3.8) is 0 Å². The summed E-state index contributed by atoms with van der Waals surface area (Å²) in [4.78, 5) is 7.71. The van der Waals surface area contributed by atoms with E-state index in [9.17, 15) is 13.2 Å². The number of alkyl halides is 3. The molecule has 0 aliphatic rings. The highest BCUT2D eigenvalue weighted by atomic mass is 32.2. The van der Waals surface area contributed by atoms with E-state index in [1.165, 1.54) is 17.8 Å². The van der Waals surface area contributed by atoms with Crippen molar-refractivity contribution in [3.8, 4) is 0 Å². The first-order valence-electron chi connectivity index (χ1n) is 5.76. The molecular weight excluding hydrogens is 303 g/mol. The van der Waals surface area contributed by atoms with Crippen LogP contribution in [-0.2, 0) is 6.18 Å². The van der Waals surface area contributed by atoms with Crippen LogP contribution in [0.5, 0.6) is 0 Å². The van der Waals surface area contributed by atoms with Crippen LogP contribution in [0, 0.1) is 0 Å². The minimum atomic E-state index is -4.65. The SMILES string of the molecule is CSc1cccc(Nc2cc(NN)nc(C(F)(F)F)n2)c1. The fourth-order valence-corrected chi connectivity index (χ4v) is 2.02. The van der Waals surface area contributed by atoms with Crippen LogP contribution in [0.3, 0.4) is 0 Å². The molecule has 1 heterocycles. The van der Waals surface area contributed by atoms with Gasteiger partial charge in [-0.3, -0.25) is 0 Å². The molecule has 0 aliphatic carbocycles. The van der Waals surface area contributed by atoms with Gasteiger partial charge in [-0.25, -0.2) is 15.8 Å². The number of hydrazine groups is 1. The van der Waals surface area contributed by atoms with E-state index in [4.69, 9.17) is 5.84 Å². The van der Waals surface area contributed by atoms with Gasteiger partial charge in [-0.15, -0.1) is 11.8 Å². The van der Waals surface area contributed by atoms with Gasteiger partial charge in [0, 0.05) is 16.6 Å². The summed E-state index contributed by atoms with van der Waals surface area (Å²) in [6.07, 6.45) is -2.74. The van der Waals surface area contributed by atoms with Crippen molar-refractivity contribution in [2.45, 2.75) is 11.1 Å². The molecule has 0 unspecified atom stereocenters. The van der Waals surface area contributed by atoms with Crippen molar-refractivity contribution in [1.82, 2.24) is 9.97 Å². The van der Waals surface area contributed by atoms with Crippen LogP contribution in [0.2, 0.25) is 0 Å². The first kappa shape index (κ1) is 15.4. The first-order chi connectivity index (χ1) is 9.92. The number of nitrogens with one attached hydrogen (secondary N) is 2. The van der Waals surface area contributed by atoms with E-state index in [2.05, 4.69) is 20.7 Å². The van der Waals surface area contributed by atoms with E-state index in [0.717, 1.165) is 4.90 Å². The standard InChI is InChI=1S/C12H12F3N5S/c1-21-8-4-2-3-7(5-8)17-9-6-10(20-16)19-11(18-9)12(13,14)15/h2-6H,16H2,1H3,(H2,17,18,19,20). The number of nitrogens with two attached hydrogens (primary N) is 1. The molecule has 112 valence electrons. The summed E-state index contributed by atoms with van der Waals surface area (Å²) in [5.41, 5.74) is 2.71. The van der Waals surface area contributed by atoms with Crippen molar-refractivity contribution in [2.75, 3.05) is 17.0 Å². The second-order valence-electron chi connectivity index (χ2n) is 3.96. The normalized spacial score (nSPS) is 11.3. The molecule has 4 N–H and O–H groups in total. The third kappa shape index (κ3) is 3.99. The number of halogens is 3. The van der Waals surface area contributed by atoms with Crippen LogP contribution >= 0.6 is 11.8 Å². The van der Waals surface area contributed by atoms with Crippen molar-refractivity contribution in [3.05, 3.63) is 36.2 Å². The molecule has 0 saturated carbocycles. The van der Waals surface area contributed by atoms with Gasteiger partial charge in [0.1, 0.15) is 11.6 Å². The number of anilines is 3. The molecule has 0 fully saturated rings. The van der Waals surface area contributed by atoms with Crippen molar-refractivity contribution >= 4 is 29.1 Å². The number of aromatic nitrogens is 2. The summed E-state index contributed by atoms with van der Waals surface area (Å²) in [5, 5.41) is 2.81. The maximum Gasteiger partial charge on any atom is 0.451 e. The van der Waals surface area contributed by atoms with E-state index in [-0.39, 0.29) is 11.6 Å². The zero-order chi connectivity index (χ0) is 15.5. The minimum absolute atomic E-state index is 0.00327. The Morgan fingerprint density at radius 3 is 2.48 bits per heavy atom. The Kier molecular flexibility index (Phi) is 4.53. The molecule has 0 aliphatic heterocycles. The van der Waals surface area contributed by atoms with Gasteiger partial charge in [0.2, 0.25) is 5.82 Å². The quantitative estimate of drug-likeness (QED) is 0.457. The summed E-state index contributed by atoms with van der Waals surface area (Å²) >= 11 is 1.52. The van der Waals surface area contributed by atoms with Crippen molar-refractivity contribution < 1.29 is 13.2 Å². The lowest BCUT2D eigenvalue weighted by atomic mass is 10.3. The van der Waals surface area contributed by atoms with E-state index in [1.54, 1.807) is 18.2 Å². The predicted molar refractivity (Wildman–Crippen MR) is 76.3 cm³/mol. The zero-order valence-electron chi connectivity index (χ0n) is 10.9. The van der Waals surface area contributed by atoms with Gasteiger partial charge in [-0.1, -0.05) is 6.07 Å². The fraction of sp³-hybridized carbons (Fsp3) is 0.167. The molecule has 2 rings (SSSR count). The van der Waals surface area contributed by atoms with Crippen LogP contribution in [0.25, 0.3) is 0 Å². The van der Waals surface area contributed by atoms with Gasteiger partial charge in [0.25, 0.3) is 0 Å². The number of benzene rings is 1. The van der Waals surface area contributed by atoms with Crippen LogP contribution in [0.15, 0.2) is 35.2 Å². The summed E-state index contributed by atoms with van der Waals surface area (Å²) in [6.45, 7) is 0. The molecule has 0 saturated heterocycles. The number of thioether (sulfide) groups is 1. The summed E-state index contributed by atoms with van der Waals surface area (Å²) in [6, 6.07) is 8.51. The zero-order valence-corrected chi connectivity index (χ0v) is 11.7. The molecule has 0 amide bonds. The lowest BCUT2D eigenvalue weighted by molar-refractivity contribution is -0.144. The van der Waals surface area contributed by atoms with E-state index >= 15 is 0 Å². The summed E-state index contributed by atoms with van der Waals surface area (Å²) in [7, 11) is 0. The fourth-order valence-electron chi connectivity index (χ4n) is 1.56. The Hall–Kier alpha value is -2.00. The topological polar surface area (TPSA) is 75.9 Å². The maximum atomic E-state index is 12.7. The molecular formula is C12H12F3N5S. The van der Waals surface area contributed by atoms with Gasteiger partial charge < -0.3 is 10.7 Å². The highest BCUT2D eigenvalue weighted by molar-refractivity contribution is 7.98. The van der Waals surface area contributed by atoms with Crippen LogP contribution < -0.4 is 16.6 Å². The van der Waals surface area contributed by atoms with E-state index in [1.807, 2.05) is 12.3 Å². The van der Waals surface area contributed by atoms with E-state index < -0.39 is 12.0 Å². The number of nitrogen functional groups attached to an aromatic ring is 1. The Morgan fingerprint density at radius 2 is 1.86 bits per heavy atom. The largest absolute Gasteiger partial charge is 0.451 e. The third-order valence-corrected chi connectivity index (χ3v) is 3.20. The van der Waals surface area contributed by atoms with Crippen LogP contribution in [0.4, 0.5) is 30.5 Å². The average molecular weight is 315 g/mol. The van der Waals surface area contributed by atoms with Crippen molar-refractivity contribution in [1.29, 1.82) is 0 Å². The van der Waals surface area contributed by atoms with Gasteiger partial charge >= 0.3 is 6.18 Å². The molecule has 9 heteroatoms. The molecule has 0 radical (unpaired) electrons. The first-order valence-corrected chi connectivity index (χ1v) is 6.99. The third-order valence-electron chi connectivity index (χ3n) is 2.47. The van der Waals surface area contributed by atoms with Crippen LogP contribution in [0.1, 0.15) is 5.82 Å². The molecule has 2 aromatic rings.